The molecule has 2 unspecified atom stereocenters. The number of ether oxygens (including phenoxy) is 3. The van der Waals surface area contributed by atoms with Crippen molar-refractivity contribution in [3.8, 4) is 5.75 Å². The van der Waals surface area contributed by atoms with Crippen LogP contribution in [0.3, 0.4) is 0 Å². The molecule has 176 valence electrons. The fourth-order valence-corrected chi connectivity index (χ4v) is 2.92. The molecule has 2 atom stereocenters. The van der Waals surface area contributed by atoms with E-state index in [9.17, 15) is 9.59 Å². The lowest BCUT2D eigenvalue weighted by Crippen LogP contribution is -2.35. The molecule has 0 aromatic heterocycles. The summed E-state index contributed by atoms with van der Waals surface area (Å²) in [6.07, 6.45) is 7.47. The predicted octanol–water partition coefficient (Wildman–Crippen LogP) is 6.79. The summed E-state index contributed by atoms with van der Waals surface area (Å²) in [6.45, 7) is 9.78. The molecule has 1 aromatic carbocycles. The molecule has 0 bridgehead atoms. The van der Waals surface area contributed by atoms with E-state index in [4.69, 9.17) is 37.4 Å². The predicted molar refractivity (Wildman–Crippen MR) is 129 cm³/mol. The van der Waals surface area contributed by atoms with Crippen LogP contribution in [0.4, 0.5) is 0 Å². The molecule has 0 N–H and O–H groups in total. The molecule has 0 radical (unpaired) electrons. The summed E-state index contributed by atoms with van der Waals surface area (Å²) in [5, 5.41) is 0.524. The van der Waals surface area contributed by atoms with Crippen LogP contribution in [0.1, 0.15) is 53.9 Å². The Morgan fingerprint density at radius 2 is 1.66 bits per heavy atom. The summed E-state index contributed by atoms with van der Waals surface area (Å²) in [6, 6.07) is 6.36. The second-order valence-corrected chi connectivity index (χ2v) is 8.34. The van der Waals surface area contributed by atoms with Crippen molar-refractivity contribution in [1.29, 1.82) is 0 Å². The molecule has 7 heteroatoms. The first-order chi connectivity index (χ1) is 15.1. The third-order valence-corrected chi connectivity index (χ3v) is 4.90. The SMILES string of the molecule is CCOC(=O)C(OC(=O)C(Cl)Oc1ccc(Cl)cc1)C(C)=CCC=C(C)CCC=C(C)C. The summed E-state index contributed by atoms with van der Waals surface area (Å²) in [5.41, 5.74) is 1.66. The van der Waals surface area contributed by atoms with Gasteiger partial charge in [-0.3, -0.25) is 0 Å². The lowest BCUT2D eigenvalue weighted by atomic mass is 10.1. The van der Waals surface area contributed by atoms with E-state index in [-0.39, 0.29) is 6.61 Å². The lowest BCUT2D eigenvalue weighted by molar-refractivity contribution is -0.167. The van der Waals surface area contributed by atoms with Crippen LogP contribution in [0.5, 0.6) is 5.75 Å². The van der Waals surface area contributed by atoms with Gasteiger partial charge in [0.1, 0.15) is 5.75 Å². The highest BCUT2D eigenvalue weighted by Gasteiger charge is 2.30. The molecule has 0 aliphatic rings. The summed E-state index contributed by atoms with van der Waals surface area (Å²) in [5.74, 6) is -1.20. The van der Waals surface area contributed by atoms with Crippen LogP contribution in [-0.4, -0.2) is 30.2 Å². The van der Waals surface area contributed by atoms with Crippen molar-refractivity contribution in [2.45, 2.75) is 65.5 Å². The van der Waals surface area contributed by atoms with Gasteiger partial charge in [0.05, 0.1) is 6.61 Å². The van der Waals surface area contributed by atoms with E-state index < -0.39 is 23.6 Å². The average molecular weight is 483 g/mol. The zero-order valence-corrected chi connectivity index (χ0v) is 20.8. The fraction of sp³-hybridized carbons (Fsp3) is 0.440. The van der Waals surface area contributed by atoms with Crippen LogP contribution < -0.4 is 4.74 Å². The minimum atomic E-state index is -1.43. The van der Waals surface area contributed by atoms with Crippen LogP contribution in [-0.2, 0) is 19.1 Å². The Kier molecular flexibility index (Phi) is 12.8. The van der Waals surface area contributed by atoms with E-state index in [2.05, 4.69) is 32.9 Å². The Hall–Kier alpha value is -2.24. The van der Waals surface area contributed by atoms with Gasteiger partial charge in [-0.25, -0.2) is 9.59 Å². The molecule has 1 aromatic rings. The van der Waals surface area contributed by atoms with Gasteiger partial charge in [-0.1, -0.05) is 52.6 Å². The van der Waals surface area contributed by atoms with Crippen molar-refractivity contribution in [2.24, 2.45) is 0 Å². The van der Waals surface area contributed by atoms with Crippen LogP contribution >= 0.6 is 23.2 Å². The van der Waals surface area contributed by atoms with Crippen LogP contribution in [0, 0.1) is 0 Å². The molecule has 0 aliphatic heterocycles. The molecule has 0 fully saturated rings. The van der Waals surface area contributed by atoms with Gasteiger partial charge in [-0.15, -0.1) is 0 Å². The van der Waals surface area contributed by atoms with Gasteiger partial charge < -0.3 is 14.2 Å². The van der Waals surface area contributed by atoms with Gasteiger partial charge in [0.15, 0.2) is 0 Å². The molecule has 0 aliphatic carbocycles. The van der Waals surface area contributed by atoms with E-state index in [1.54, 1.807) is 38.1 Å². The number of hydrogen-bond donors (Lipinski definition) is 0. The summed E-state index contributed by atoms with van der Waals surface area (Å²) >= 11 is 11.9. The quantitative estimate of drug-likeness (QED) is 0.186. The fourth-order valence-electron chi connectivity index (χ4n) is 2.64. The monoisotopic (exact) mass is 482 g/mol. The van der Waals surface area contributed by atoms with Crippen molar-refractivity contribution in [1.82, 2.24) is 0 Å². The molecular weight excluding hydrogens is 451 g/mol. The Morgan fingerprint density at radius 1 is 1.00 bits per heavy atom. The smallest absolute Gasteiger partial charge is 0.364 e. The molecule has 0 heterocycles. The second kappa shape index (κ2) is 14.8. The Labute approximate surface area is 201 Å². The highest BCUT2D eigenvalue weighted by Crippen LogP contribution is 2.20. The standard InChI is InChI=1S/C25H32Cl2O5/c1-6-30-24(28)22(19(5)12-8-11-18(4)10-7-9-17(2)3)32-25(29)23(27)31-21-15-13-20(26)14-16-21/h9,11-16,22-23H,6-8,10H2,1-5H3. The maximum absolute atomic E-state index is 12.4. The van der Waals surface area contributed by atoms with Crippen LogP contribution in [0.2, 0.25) is 5.02 Å². The Balaban J connectivity index is 2.79. The van der Waals surface area contributed by atoms with Crippen LogP contribution in [0.25, 0.3) is 0 Å². The number of esters is 2. The summed E-state index contributed by atoms with van der Waals surface area (Å²) in [7, 11) is 0. The maximum Gasteiger partial charge on any atom is 0.364 e. The van der Waals surface area contributed by atoms with Crippen molar-refractivity contribution >= 4 is 35.1 Å². The molecule has 32 heavy (non-hydrogen) atoms. The van der Waals surface area contributed by atoms with Crippen molar-refractivity contribution < 1.29 is 23.8 Å². The van der Waals surface area contributed by atoms with E-state index >= 15 is 0 Å². The highest BCUT2D eigenvalue weighted by molar-refractivity contribution is 6.30. The number of benzene rings is 1. The first-order valence-electron chi connectivity index (χ1n) is 10.5. The molecular formula is C25H32Cl2O5. The number of carbonyl (C=O) groups is 2. The molecule has 0 spiro atoms. The minimum Gasteiger partial charge on any atom is -0.463 e. The summed E-state index contributed by atoms with van der Waals surface area (Å²) in [4.78, 5) is 24.8. The van der Waals surface area contributed by atoms with Crippen LogP contribution in [0.15, 0.2) is 59.2 Å². The molecule has 1 rings (SSSR count). The number of halogens is 2. The topological polar surface area (TPSA) is 61.8 Å². The number of alkyl halides is 1. The van der Waals surface area contributed by atoms with Gasteiger partial charge in [0, 0.05) is 5.02 Å². The molecule has 0 saturated carbocycles. The zero-order chi connectivity index (χ0) is 24.1. The third kappa shape index (κ3) is 10.9. The van der Waals surface area contributed by atoms with E-state index in [1.807, 2.05) is 6.08 Å². The molecule has 5 nitrogen and oxygen atoms in total. The van der Waals surface area contributed by atoms with Gasteiger partial charge in [-0.05, 0) is 83.7 Å². The zero-order valence-electron chi connectivity index (χ0n) is 19.3. The van der Waals surface area contributed by atoms with Gasteiger partial charge in [0.2, 0.25) is 6.10 Å². The first-order valence-corrected chi connectivity index (χ1v) is 11.3. The minimum absolute atomic E-state index is 0.162. The number of carbonyl (C=O) groups excluding carboxylic acids is 2. The van der Waals surface area contributed by atoms with Crippen molar-refractivity contribution in [3.05, 3.63) is 64.2 Å². The maximum atomic E-state index is 12.4. The number of rotatable bonds is 12. The first kappa shape index (κ1) is 27.8. The Bertz CT molecular complexity index is 836. The van der Waals surface area contributed by atoms with Gasteiger partial charge in [-0.2, -0.15) is 0 Å². The number of hydrogen-bond acceptors (Lipinski definition) is 5. The van der Waals surface area contributed by atoms with E-state index in [0.717, 1.165) is 12.8 Å². The average Bonchev–Trinajstić information content (AvgIpc) is 2.73. The van der Waals surface area contributed by atoms with E-state index in [1.165, 1.54) is 11.1 Å². The van der Waals surface area contributed by atoms with E-state index in [0.29, 0.717) is 22.8 Å². The second-order valence-electron chi connectivity index (χ2n) is 7.51. The largest absolute Gasteiger partial charge is 0.463 e. The Morgan fingerprint density at radius 3 is 2.25 bits per heavy atom. The van der Waals surface area contributed by atoms with Crippen molar-refractivity contribution in [2.75, 3.05) is 6.61 Å². The number of allylic oxidation sites excluding steroid dienone is 5. The third-order valence-electron chi connectivity index (χ3n) is 4.38. The van der Waals surface area contributed by atoms with Crippen molar-refractivity contribution in [3.63, 3.8) is 0 Å². The lowest BCUT2D eigenvalue weighted by Gasteiger charge is -2.19. The molecule has 0 saturated heterocycles. The normalized spacial score (nSPS) is 13.7. The summed E-state index contributed by atoms with van der Waals surface area (Å²) < 4.78 is 15.8. The van der Waals surface area contributed by atoms with Gasteiger partial charge in [0.25, 0.3) is 5.56 Å². The van der Waals surface area contributed by atoms with Gasteiger partial charge >= 0.3 is 11.9 Å². The molecule has 0 amide bonds. The highest BCUT2D eigenvalue weighted by atomic mass is 35.5.